The fraction of sp³-hybridized carbons (Fsp3) is 0.706. The number of hydrogen-bond donors (Lipinski definition) is 2. The molecule has 0 atom stereocenters. The van der Waals surface area contributed by atoms with Gasteiger partial charge in [-0.15, -0.1) is 0 Å². The number of nitrogens with one attached hydrogen (secondary N) is 1. The third-order valence-electron chi connectivity index (χ3n) is 4.52. The zero-order valence-electron chi connectivity index (χ0n) is 14.8. The Bertz CT molecular complexity index is 574. The number of likely N-dealkylation sites (tertiary alicyclic amines) is 1. The Hall–Kier alpha value is -2.05. The van der Waals surface area contributed by atoms with Crippen LogP contribution >= 0.6 is 0 Å². The zero-order valence-corrected chi connectivity index (χ0v) is 14.8. The van der Waals surface area contributed by atoms with E-state index in [2.05, 4.69) is 31.2 Å². The molecule has 1 saturated heterocycles. The van der Waals surface area contributed by atoms with Gasteiger partial charge in [0.05, 0.1) is 23.5 Å². The second kappa shape index (κ2) is 8.17. The summed E-state index contributed by atoms with van der Waals surface area (Å²) in [7, 11) is 0. The van der Waals surface area contributed by atoms with E-state index < -0.39 is 5.97 Å². The number of anilines is 1. The molecule has 1 fully saturated rings. The second-order valence-corrected chi connectivity index (χ2v) is 6.70. The Morgan fingerprint density at radius 3 is 2.58 bits per heavy atom. The molecule has 0 unspecified atom stereocenters. The molecule has 0 bridgehead atoms. The number of urea groups is 1. The van der Waals surface area contributed by atoms with Gasteiger partial charge in [-0.25, -0.2) is 4.79 Å². The van der Waals surface area contributed by atoms with Crippen LogP contribution in [0.15, 0.2) is 6.20 Å². The molecule has 0 aliphatic carbocycles. The molecule has 1 aromatic rings. The second-order valence-electron chi connectivity index (χ2n) is 6.70. The van der Waals surface area contributed by atoms with E-state index in [4.69, 9.17) is 5.11 Å². The van der Waals surface area contributed by atoms with Crippen molar-refractivity contribution in [2.45, 2.75) is 58.9 Å². The van der Waals surface area contributed by atoms with Gasteiger partial charge in [-0.1, -0.05) is 27.2 Å². The van der Waals surface area contributed by atoms with E-state index in [-0.39, 0.29) is 17.9 Å². The SMILES string of the molecule is CCCCn1ncc(NC(=O)N2CCC(C(=O)O)CC2)c1C(C)C. The third kappa shape index (κ3) is 4.27. The van der Waals surface area contributed by atoms with Crippen LogP contribution in [-0.4, -0.2) is 44.9 Å². The van der Waals surface area contributed by atoms with Crippen molar-refractivity contribution < 1.29 is 14.7 Å². The highest BCUT2D eigenvalue weighted by Crippen LogP contribution is 2.25. The predicted molar refractivity (Wildman–Crippen MR) is 92.2 cm³/mol. The number of aliphatic carboxylic acids is 1. The number of unbranched alkanes of at least 4 members (excludes halogenated alkanes) is 1. The highest BCUT2D eigenvalue weighted by atomic mass is 16.4. The van der Waals surface area contributed by atoms with Crippen LogP contribution in [0.2, 0.25) is 0 Å². The van der Waals surface area contributed by atoms with Crippen LogP contribution < -0.4 is 5.32 Å². The molecule has 2 amide bonds. The van der Waals surface area contributed by atoms with Crippen LogP contribution in [0.4, 0.5) is 10.5 Å². The Morgan fingerprint density at radius 2 is 2.04 bits per heavy atom. The van der Waals surface area contributed by atoms with Gasteiger partial charge in [0, 0.05) is 19.6 Å². The van der Waals surface area contributed by atoms with Gasteiger partial charge in [0.15, 0.2) is 0 Å². The maximum atomic E-state index is 12.5. The number of nitrogens with zero attached hydrogens (tertiary/aromatic N) is 3. The van der Waals surface area contributed by atoms with Crippen molar-refractivity contribution >= 4 is 17.7 Å². The summed E-state index contributed by atoms with van der Waals surface area (Å²) in [5.41, 5.74) is 1.80. The number of piperidine rings is 1. The van der Waals surface area contributed by atoms with Gasteiger partial charge >= 0.3 is 12.0 Å². The highest BCUT2D eigenvalue weighted by molar-refractivity contribution is 5.90. The van der Waals surface area contributed by atoms with Gasteiger partial charge in [0.25, 0.3) is 0 Å². The van der Waals surface area contributed by atoms with E-state index in [1.807, 2.05) is 4.68 Å². The van der Waals surface area contributed by atoms with Gasteiger partial charge in [0.2, 0.25) is 0 Å². The Balaban J connectivity index is 2.01. The van der Waals surface area contributed by atoms with E-state index in [0.717, 1.165) is 30.8 Å². The molecule has 2 heterocycles. The molecule has 2 N–H and O–H groups in total. The first kappa shape index (κ1) is 18.3. The molecule has 134 valence electrons. The van der Waals surface area contributed by atoms with Gasteiger partial charge < -0.3 is 15.3 Å². The van der Waals surface area contributed by atoms with Crippen molar-refractivity contribution in [3.8, 4) is 0 Å². The molecule has 1 aromatic heterocycles. The van der Waals surface area contributed by atoms with E-state index >= 15 is 0 Å². The standard InChI is InChI=1S/C17H28N4O3/c1-4-5-8-21-15(12(2)3)14(11-18-21)19-17(24)20-9-6-13(7-10-20)16(22)23/h11-13H,4-10H2,1-3H3,(H,19,24)(H,22,23). The lowest BCUT2D eigenvalue weighted by Gasteiger charge is -2.30. The average molecular weight is 336 g/mol. The number of aromatic nitrogens is 2. The smallest absolute Gasteiger partial charge is 0.321 e. The van der Waals surface area contributed by atoms with Crippen LogP contribution in [0.3, 0.4) is 0 Å². The van der Waals surface area contributed by atoms with E-state index in [1.54, 1.807) is 11.1 Å². The summed E-state index contributed by atoms with van der Waals surface area (Å²) in [6, 6.07) is -0.171. The fourth-order valence-electron chi connectivity index (χ4n) is 3.11. The van der Waals surface area contributed by atoms with Crippen molar-refractivity contribution in [2.24, 2.45) is 5.92 Å². The predicted octanol–water partition coefficient (Wildman–Crippen LogP) is 3.14. The van der Waals surface area contributed by atoms with E-state index in [0.29, 0.717) is 25.9 Å². The normalized spacial score (nSPS) is 15.8. The first-order valence-electron chi connectivity index (χ1n) is 8.78. The molecular formula is C17H28N4O3. The number of rotatable bonds is 6. The van der Waals surface area contributed by atoms with Crippen molar-refractivity contribution in [3.05, 3.63) is 11.9 Å². The minimum absolute atomic E-state index is 0.171. The van der Waals surface area contributed by atoms with Crippen molar-refractivity contribution in [1.82, 2.24) is 14.7 Å². The van der Waals surface area contributed by atoms with Gasteiger partial charge in [0.1, 0.15) is 0 Å². The number of aryl methyl sites for hydroxylation is 1. The summed E-state index contributed by atoms with van der Waals surface area (Å²) in [4.78, 5) is 25.2. The maximum Gasteiger partial charge on any atom is 0.321 e. The van der Waals surface area contributed by atoms with Crippen LogP contribution in [0, 0.1) is 5.92 Å². The molecule has 0 saturated carbocycles. The van der Waals surface area contributed by atoms with E-state index in [9.17, 15) is 9.59 Å². The Labute approximate surface area is 143 Å². The Morgan fingerprint density at radius 1 is 1.38 bits per heavy atom. The van der Waals surface area contributed by atoms with Crippen LogP contribution in [0.5, 0.6) is 0 Å². The largest absolute Gasteiger partial charge is 0.481 e. The number of carboxylic acids is 1. The fourth-order valence-corrected chi connectivity index (χ4v) is 3.11. The first-order valence-corrected chi connectivity index (χ1v) is 8.78. The minimum Gasteiger partial charge on any atom is -0.481 e. The van der Waals surface area contributed by atoms with Gasteiger partial charge in [-0.3, -0.25) is 9.48 Å². The lowest BCUT2D eigenvalue weighted by molar-refractivity contribution is -0.143. The van der Waals surface area contributed by atoms with Crippen LogP contribution in [0.1, 0.15) is 58.1 Å². The molecule has 1 aliphatic heterocycles. The summed E-state index contributed by atoms with van der Waals surface area (Å²) >= 11 is 0. The molecule has 2 rings (SSSR count). The zero-order chi connectivity index (χ0) is 17.7. The van der Waals surface area contributed by atoms with Crippen molar-refractivity contribution in [1.29, 1.82) is 0 Å². The van der Waals surface area contributed by atoms with Crippen molar-refractivity contribution in [2.75, 3.05) is 18.4 Å². The summed E-state index contributed by atoms with van der Waals surface area (Å²) in [5, 5.41) is 16.4. The van der Waals surface area contributed by atoms with Crippen LogP contribution in [-0.2, 0) is 11.3 Å². The number of carbonyl (C=O) groups is 2. The summed E-state index contributed by atoms with van der Waals surface area (Å²) in [6.45, 7) is 8.13. The highest BCUT2D eigenvalue weighted by Gasteiger charge is 2.27. The maximum absolute atomic E-state index is 12.5. The molecule has 7 heteroatoms. The first-order chi connectivity index (χ1) is 11.4. The van der Waals surface area contributed by atoms with Crippen molar-refractivity contribution in [3.63, 3.8) is 0 Å². The molecule has 0 spiro atoms. The Kier molecular flexibility index (Phi) is 6.23. The summed E-state index contributed by atoms with van der Waals surface area (Å²) in [6.07, 6.45) is 4.88. The molecule has 0 radical (unpaired) electrons. The molecule has 24 heavy (non-hydrogen) atoms. The van der Waals surface area contributed by atoms with Crippen LogP contribution in [0.25, 0.3) is 0 Å². The molecule has 7 nitrogen and oxygen atoms in total. The lowest BCUT2D eigenvalue weighted by Crippen LogP contribution is -2.42. The number of carboxylic acid groups (broad SMARTS) is 1. The lowest BCUT2D eigenvalue weighted by atomic mass is 9.97. The summed E-state index contributed by atoms with van der Waals surface area (Å²) < 4.78 is 1.97. The quantitative estimate of drug-likeness (QED) is 0.835. The number of amides is 2. The molecular weight excluding hydrogens is 308 g/mol. The number of carbonyl (C=O) groups excluding carboxylic acids is 1. The topological polar surface area (TPSA) is 87.5 Å². The monoisotopic (exact) mass is 336 g/mol. The van der Waals surface area contributed by atoms with E-state index in [1.165, 1.54) is 0 Å². The molecule has 1 aliphatic rings. The molecule has 0 aromatic carbocycles. The third-order valence-corrected chi connectivity index (χ3v) is 4.52. The minimum atomic E-state index is -0.769. The van der Waals surface area contributed by atoms with Gasteiger partial charge in [-0.2, -0.15) is 5.10 Å². The van der Waals surface area contributed by atoms with Gasteiger partial charge in [-0.05, 0) is 25.2 Å². The average Bonchev–Trinajstić information content (AvgIpc) is 2.95. The number of hydrogen-bond acceptors (Lipinski definition) is 3. The summed E-state index contributed by atoms with van der Waals surface area (Å²) in [5.74, 6) is -0.844.